The summed E-state index contributed by atoms with van der Waals surface area (Å²) >= 11 is 19.1. The highest BCUT2D eigenvalue weighted by atomic mass is 35.5. The first kappa shape index (κ1) is 19.1. The lowest BCUT2D eigenvalue weighted by atomic mass is 10.2. The Morgan fingerprint density at radius 3 is 2.50 bits per heavy atom. The van der Waals surface area contributed by atoms with Crippen LogP contribution in [0.15, 0.2) is 28.4 Å². The summed E-state index contributed by atoms with van der Waals surface area (Å²) in [7, 11) is 0. The fourth-order valence-electron chi connectivity index (χ4n) is 1.49. The van der Waals surface area contributed by atoms with Crippen LogP contribution in [0.25, 0.3) is 0 Å². The predicted molar refractivity (Wildman–Crippen MR) is 95.3 cm³/mol. The maximum Gasteiger partial charge on any atom is 0.413 e. The molecule has 128 valence electrons. The average Bonchev–Trinajstić information content (AvgIpc) is 2.44. The Morgan fingerprint density at radius 2 is 1.92 bits per heavy atom. The van der Waals surface area contributed by atoms with Crippen molar-refractivity contribution in [3.05, 3.63) is 33.8 Å². The Hall–Kier alpha value is -1.28. The molecule has 1 N–H and O–H groups in total. The van der Waals surface area contributed by atoms with Gasteiger partial charge in [-0.05, 0) is 26.8 Å². The number of anilines is 1. The molecular formula is C14H13Cl3N4O2S. The molecule has 0 aliphatic carbocycles. The lowest BCUT2D eigenvalue weighted by Crippen LogP contribution is -2.27. The molecule has 0 spiro atoms. The van der Waals surface area contributed by atoms with Crippen LogP contribution in [0.2, 0.25) is 15.3 Å². The number of nitrogens with one attached hydrogen (secondary N) is 1. The molecule has 10 heteroatoms. The second-order valence-electron chi connectivity index (χ2n) is 5.52. The number of ether oxygens (including phenoxy) is 1. The first-order chi connectivity index (χ1) is 11.1. The van der Waals surface area contributed by atoms with Gasteiger partial charge in [0.05, 0.1) is 17.4 Å². The van der Waals surface area contributed by atoms with Crippen LogP contribution in [0.1, 0.15) is 20.8 Å². The topological polar surface area (TPSA) is 77.0 Å². The van der Waals surface area contributed by atoms with Crippen molar-refractivity contribution in [2.24, 2.45) is 0 Å². The molecule has 0 atom stereocenters. The van der Waals surface area contributed by atoms with E-state index in [1.165, 1.54) is 24.2 Å². The van der Waals surface area contributed by atoms with E-state index in [1.54, 1.807) is 26.8 Å². The second-order valence-corrected chi connectivity index (χ2v) is 7.70. The summed E-state index contributed by atoms with van der Waals surface area (Å²) < 4.78 is 5.17. The zero-order valence-corrected chi connectivity index (χ0v) is 16.0. The van der Waals surface area contributed by atoms with Gasteiger partial charge in [0, 0.05) is 4.90 Å². The van der Waals surface area contributed by atoms with Crippen molar-refractivity contribution < 1.29 is 9.53 Å². The number of carbonyl (C=O) groups excluding carboxylic acids is 1. The van der Waals surface area contributed by atoms with Crippen LogP contribution in [0.4, 0.5) is 10.6 Å². The van der Waals surface area contributed by atoms with Gasteiger partial charge in [-0.1, -0.05) is 46.6 Å². The van der Waals surface area contributed by atoms with Gasteiger partial charge < -0.3 is 4.74 Å². The molecule has 1 amide bonds. The summed E-state index contributed by atoms with van der Waals surface area (Å²) in [5, 5.41) is 3.65. The molecule has 0 saturated carbocycles. The molecule has 0 bridgehead atoms. The summed E-state index contributed by atoms with van der Waals surface area (Å²) in [5.74, 6) is 0.211. The molecule has 2 heterocycles. The van der Waals surface area contributed by atoms with Crippen LogP contribution >= 0.6 is 46.6 Å². The standard InChI is InChI=1S/C14H13Cl3N4O2S/c1-14(2,3)23-13(22)21-9-4-7(11(16)12(17)20-9)24-10-6-18-8(15)5-19-10/h4-6H,1-3H3,(H,20,21,22). The van der Waals surface area contributed by atoms with Gasteiger partial charge in [-0.15, -0.1) is 0 Å². The van der Waals surface area contributed by atoms with Gasteiger partial charge >= 0.3 is 6.09 Å². The number of rotatable bonds is 3. The van der Waals surface area contributed by atoms with E-state index < -0.39 is 11.7 Å². The smallest absolute Gasteiger partial charge is 0.413 e. The molecule has 0 unspecified atom stereocenters. The lowest BCUT2D eigenvalue weighted by Gasteiger charge is -2.19. The quantitative estimate of drug-likeness (QED) is 0.693. The third-order valence-corrected chi connectivity index (χ3v) is 4.35. The van der Waals surface area contributed by atoms with Crippen molar-refractivity contribution in [1.82, 2.24) is 15.0 Å². The summed E-state index contributed by atoms with van der Waals surface area (Å²) in [5.41, 5.74) is -0.628. The Balaban J connectivity index is 2.21. The van der Waals surface area contributed by atoms with Gasteiger partial charge in [0.1, 0.15) is 21.6 Å². The maximum absolute atomic E-state index is 11.8. The van der Waals surface area contributed by atoms with E-state index in [1.807, 2.05) is 0 Å². The molecule has 0 radical (unpaired) electrons. The SMILES string of the molecule is CC(C)(C)OC(=O)Nc1cc(Sc2cnc(Cl)cn2)c(Cl)c(Cl)n1. The fraction of sp³-hybridized carbons (Fsp3) is 0.286. The van der Waals surface area contributed by atoms with Gasteiger partial charge in [-0.2, -0.15) is 0 Å². The highest BCUT2D eigenvalue weighted by Crippen LogP contribution is 2.37. The molecule has 2 aromatic rings. The van der Waals surface area contributed by atoms with Crippen molar-refractivity contribution in [3.8, 4) is 0 Å². The monoisotopic (exact) mass is 406 g/mol. The molecule has 2 aromatic heterocycles. The molecule has 2 rings (SSSR count). The summed E-state index contributed by atoms with van der Waals surface area (Å²) in [6.07, 6.45) is 2.27. The van der Waals surface area contributed by atoms with Gasteiger partial charge in [-0.25, -0.2) is 19.7 Å². The van der Waals surface area contributed by atoms with E-state index >= 15 is 0 Å². The number of carbonyl (C=O) groups is 1. The average molecular weight is 408 g/mol. The molecule has 6 nitrogen and oxygen atoms in total. The Bertz CT molecular complexity index is 751. The zero-order chi connectivity index (χ0) is 17.9. The fourth-order valence-corrected chi connectivity index (χ4v) is 2.84. The van der Waals surface area contributed by atoms with E-state index in [0.717, 1.165) is 0 Å². The largest absolute Gasteiger partial charge is 0.444 e. The van der Waals surface area contributed by atoms with Crippen molar-refractivity contribution in [3.63, 3.8) is 0 Å². The number of hydrogen-bond donors (Lipinski definition) is 1. The third kappa shape index (κ3) is 5.66. The highest BCUT2D eigenvalue weighted by molar-refractivity contribution is 7.99. The minimum atomic E-state index is -0.643. The number of nitrogens with zero attached hydrogens (tertiary/aromatic N) is 3. The van der Waals surface area contributed by atoms with Gasteiger partial charge in [0.15, 0.2) is 5.15 Å². The lowest BCUT2D eigenvalue weighted by molar-refractivity contribution is 0.0635. The molecule has 0 aliphatic rings. The van der Waals surface area contributed by atoms with Gasteiger partial charge in [0.2, 0.25) is 0 Å². The third-order valence-electron chi connectivity index (χ3n) is 2.32. The van der Waals surface area contributed by atoms with Crippen LogP contribution in [-0.4, -0.2) is 26.6 Å². The number of pyridine rings is 1. The Labute approximate surface area is 158 Å². The van der Waals surface area contributed by atoms with Crippen molar-refractivity contribution in [2.45, 2.75) is 36.3 Å². The van der Waals surface area contributed by atoms with Crippen LogP contribution in [0.5, 0.6) is 0 Å². The van der Waals surface area contributed by atoms with Crippen LogP contribution < -0.4 is 5.32 Å². The molecule has 0 saturated heterocycles. The van der Waals surface area contributed by atoms with Crippen molar-refractivity contribution >= 4 is 58.5 Å². The molecule has 0 aromatic carbocycles. The second kappa shape index (κ2) is 7.74. The van der Waals surface area contributed by atoms with E-state index in [9.17, 15) is 4.79 Å². The molecule has 0 fully saturated rings. The van der Waals surface area contributed by atoms with Crippen LogP contribution in [0, 0.1) is 0 Å². The Kier molecular flexibility index (Phi) is 6.14. The van der Waals surface area contributed by atoms with Gasteiger partial charge in [0.25, 0.3) is 0 Å². The van der Waals surface area contributed by atoms with Gasteiger partial charge in [-0.3, -0.25) is 5.32 Å². The molecule has 0 aliphatic heterocycles. The summed E-state index contributed by atoms with van der Waals surface area (Å²) in [4.78, 5) is 24.5. The van der Waals surface area contributed by atoms with Crippen LogP contribution in [0.3, 0.4) is 0 Å². The van der Waals surface area contributed by atoms with Crippen LogP contribution in [-0.2, 0) is 4.74 Å². The van der Waals surface area contributed by atoms with Crippen molar-refractivity contribution in [2.75, 3.05) is 5.32 Å². The highest BCUT2D eigenvalue weighted by Gasteiger charge is 2.18. The van der Waals surface area contributed by atoms with E-state index in [0.29, 0.717) is 9.92 Å². The predicted octanol–water partition coefficient (Wildman–Crippen LogP) is 5.33. The minimum Gasteiger partial charge on any atom is -0.444 e. The van der Waals surface area contributed by atoms with E-state index in [2.05, 4.69) is 20.3 Å². The number of hydrogen-bond acceptors (Lipinski definition) is 6. The summed E-state index contributed by atoms with van der Waals surface area (Å²) in [6.45, 7) is 5.28. The number of amides is 1. The summed E-state index contributed by atoms with van der Waals surface area (Å²) in [6, 6.07) is 1.57. The number of aromatic nitrogens is 3. The molecular weight excluding hydrogens is 395 g/mol. The van der Waals surface area contributed by atoms with E-state index in [4.69, 9.17) is 39.5 Å². The van der Waals surface area contributed by atoms with E-state index in [-0.39, 0.29) is 21.1 Å². The first-order valence-corrected chi connectivity index (χ1v) is 8.60. The van der Waals surface area contributed by atoms with Crippen molar-refractivity contribution in [1.29, 1.82) is 0 Å². The first-order valence-electron chi connectivity index (χ1n) is 6.65. The molecule has 24 heavy (non-hydrogen) atoms. The number of halogens is 3. The maximum atomic E-state index is 11.8. The normalized spacial score (nSPS) is 11.2. The Morgan fingerprint density at radius 1 is 1.21 bits per heavy atom. The minimum absolute atomic E-state index is 0.0506. The zero-order valence-electron chi connectivity index (χ0n) is 12.9.